The van der Waals surface area contributed by atoms with Crippen molar-refractivity contribution in [2.24, 2.45) is 0 Å². The fourth-order valence-corrected chi connectivity index (χ4v) is 1.56. The maximum absolute atomic E-state index is 10.8. The first kappa shape index (κ1) is 12.8. The first-order chi connectivity index (χ1) is 9.20. The predicted octanol–water partition coefficient (Wildman–Crippen LogP) is 2.17. The zero-order chi connectivity index (χ0) is 13.7. The Kier molecular flexibility index (Phi) is 3.87. The fraction of sp³-hybridized carbons (Fsp3) is 0.0714. The van der Waals surface area contributed by atoms with E-state index in [1.807, 2.05) is 0 Å². The minimum atomic E-state index is -0.989. The third-order valence-electron chi connectivity index (χ3n) is 2.51. The molecule has 19 heavy (non-hydrogen) atoms. The summed E-state index contributed by atoms with van der Waals surface area (Å²) in [7, 11) is 0. The Morgan fingerprint density at radius 1 is 1.37 bits per heavy atom. The van der Waals surface area contributed by atoms with Crippen LogP contribution in [0.5, 0.6) is 5.75 Å². The van der Waals surface area contributed by atoms with Gasteiger partial charge < -0.3 is 9.84 Å². The first-order valence-corrected chi connectivity index (χ1v) is 5.55. The second-order valence-corrected chi connectivity index (χ2v) is 3.83. The summed E-state index contributed by atoms with van der Waals surface area (Å²) in [5.74, 6) is -0.616. The van der Waals surface area contributed by atoms with Crippen LogP contribution < -0.4 is 4.74 Å². The number of pyridine rings is 1. The number of nitrogens with zero attached hydrogens (tertiary/aromatic N) is 1. The summed E-state index contributed by atoms with van der Waals surface area (Å²) >= 11 is 0. The standard InChI is InChI=1S/C14H11NO4/c16-8-12-4-5-15-7-13(12)19-9-10-2-1-3-11(6-10)14(17)18/h1-8H,9H2,(H,17,18). The molecular weight excluding hydrogens is 246 g/mol. The number of hydrogen-bond acceptors (Lipinski definition) is 4. The molecule has 1 aromatic heterocycles. The second-order valence-electron chi connectivity index (χ2n) is 3.83. The van der Waals surface area contributed by atoms with Crippen molar-refractivity contribution >= 4 is 12.3 Å². The van der Waals surface area contributed by atoms with E-state index in [2.05, 4.69) is 4.98 Å². The number of rotatable bonds is 5. The van der Waals surface area contributed by atoms with Crippen molar-refractivity contribution in [3.05, 3.63) is 59.4 Å². The largest absolute Gasteiger partial charge is 0.487 e. The van der Waals surface area contributed by atoms with Gasteiger partial charge in [0.2, 0.25) is 0 Å². The molecule has 96 valence electrons. The summed E-state index contributed by atoms with van der Waals surface area (Å²) in [5.41, 5.74) is 1.31. The molecule has 0 aliphatic rings. The Balaban J connectivity index is 2.12. The van der Waals surface area contributed by atoms with Crippen LogP contribution in [0.4, 0.5) is 0 Å². The number of aromatic carboxylic acids is 1. The number of carboxylic acid groups (broad SMARTS) is 1. The molecule has 1 aromatic carbocycles. The Morgan fingerprint density at radius 3 is 2.95 bits per heavy atom. The average molecular weight is 257 g/mol. The quantitative estimate of drug-likeness (QED) is 0.831. The third-order valence-corrected chi connectivity index (χ3v) is 2.51. The lowest BCUT2D eigenvalue weighted by Gasteiger charge is -2.08. The van der Waals surface area contributed by atoms with Gasteiger partial charge in [-0.25, -0.2) is 4.79 Å². The molecule has 0 saturated carbocycles. The van der Waals surface area contributed by atoms with Crippen molar-refractivity contribution in [3.8, 4) is 5.75 Å². The molecule has 0 aliphatic carbocycles. The van der Waals surface area contributed by atoms with Gasteiger partial charge in [-0.1, -0.05) is 12.1 Å². The molecule has 1 heterocycles. The number of aldehydes is 1. The molecule has 0 aliphatic heterocycles. The van der Waals surface area contributed by atoms with Gasteiger partial charge in [-0.3, -0.25) is 9.78 Å². The van der Waals surface area contributed by atoms with E-state index < -0.39 is 5.97 Å². The predicted molar refractivity (Wildman–Crippen MR) is 67.4 cm³/mol. The van der Waals surface area contributed by atoms with Crippen molar-refractivity contribution in [1.82, 2.24) is 4.98 Å². The molecule has 0 radical (unpaired) electrons. The normalized spacial score (nSPS) is 9.89. The summed E-state index contributed by atoms with van der Waals surface area (Å²) in [4.78, 5) is 25.5. The molecule has 1 N–H and O–H groups in total. The average Bonchev–Trinajstić information content (AvgIpc) is 2.45. The summed E-state index contributed by atoms with van der Waals surface area (Å²) < 4.78 is 5.46. The van der Waals surface area contributed by atoms with Gasteiger partial charge in [-0.2, -0.15) is 0 Å². The van der Waals surface area contributed by atoms with Crippen LogP contribution in [0, 0.1) is 0 Å². The highest BCUT2D eigenvalue weighted by molar-refractivity contribution is 5.87. The van der Waals surface area contributed by atoms with Crippen molar-refractivity contribution < 1.29 is 19.4 Å². The molecule has 0 saturated heterocycles. The van der Waals surface area contributed by atoms with Gasteiger partial charge in [0.05, 0.1) is 17.3 Å². The fourth-order valence-electron chi connectivity index (χ4n) is 1.56. The van der Waals surface area contributed by atoms with E-state index in [4.69, 9.17) is 9.84 Å². The zero-order valence-corrected chi connectivity index (χ0v) is 9.95. The Labute approximate surface area is 109 Å². The number of hydrogen-bond donors (Lipinski definition) is 1. The lowest BCUT2D eigenvalue weighted by molar-refractivity contribution is 0.0696. The van der Waals surface area contributed by atoms with Crippen LogP contribution >= 0.6 is 0 Å². The van der Waals surface area contributed by atoms with Gasteiger partial charge in [0.1, 0.15) is 12.4 Å². The third kappa shape index (κ3) is 3.16. The van der Waals surface area contributed by atoms with E-state index in [9.17, 15) is 9.59 Å². The summed E-state index contributed by atoms with van der Waals surface area (Å²) in [6, 6.07) is 7.98. The van der Waals surface area contributed by atoms with Crippen LogP contribution in [0.3, 0.4) is 0 Å². The summed E-state index contributed by atoms with van der Waals surface area (Å²) in [5, 5.41) is 8.88. The lowest BCUT2D eigenvalue weighted by Crippen LogP contribution is -2.01. The molecule has 2 rings (SSSR count). The van der Waals surface area contributed by atoms with Crippen molar-refractivity contribution in [2.45, 2.75) is 6.61 Å². The van der Waals surface area contributed by atoms with Crippen LogP contribution in [0.2, 0.25) is 0 Å². The Morgan fingerprint density at radius 2 is 2.21 bits per heavy atom. The van der Waals surface area contributed by atoms with E-state index in [0.29, 0.717) is 23.2 Å². The van der Waals surface area contributed by atoms with E-state index in [1.165, 1.54) is 24.5 Å². The van der Waals surface area contributed by atoms with Gasteiger partial charge in [0.15, 0.2) is 6.29 Å². The second kappa shape index (κ2) is 5.77. The summed E-state index contributed by atoms with van der Waals surface area (Å²) in [6.45, 7) is 0.174. The molecule has 0 fully saturated rings. The number of carbonyl (C=O) groups is 2. The first-order valence-electron chi connectivity index (χ1n) is 5.55. The Bertz CT molecular complexity index is 610. The maximum Gasteiger partial charge on any atom is 0.335 e. The van der Waals surface area contributed by atoms with Crippen LogP contribution in [0.25, 0.3) is 0 Å². The topological polar surface area (TPSA) is 76.5 Å². The number of carboxylic acids is 1. The number of ether oxygens (including phenoxy) is 1. The van der Waals surface area contributed by atoms with Crippen molar-refractivity contribution in [3.63, 3.8) is 0 Å². The lowest BCUT2D eigenvalue weighted by atomic mass is 10.1. The van der Waals surface area contributed by atoms with Gasteiger partial charge >= 0.3 is 5.97 Å². The van der Waals surface area contributed by atoms with Gasteiger partial charge in [-0.15, -0.1) is 0 Å². The van der Waals surface area contributed by atoms with Gasteiger partial charge in [-0.05, 0) is 23.8 Å². The van der Waals surface area contributed by atoms with E-state index >= 15 is 0 Å². The molecule has 0 amide bonds. The van der Waals surface area contributed by atoms with Crippen LogP contribution in [-0.2, 0) is 6.61 Å². The van der Waals surface area contributed by atoms with Gasteiger partial charge in [0, 0.05) is 6.20 Å². The smallest absolute Gasteiger partial charge is 0.335 e. The van der Waals surface area contributed by atoms with E-state index in [0.717, 1.165) is 0 Å². The number of benzene rings is 1. The van der Waals surface area contributed by atoms with E-state index in [-0.39, 0.29) is 12.2 Å². The SMILES string of the molecule is O=Cc1ccncc1OCc1cccc(C(=O)O)c1. The molecule has 0 bridgehead atoms. The maximum atomic E-state index is 10.8. The van der Waals surface area contributed by atoms with Crippen LogP contribution in [0.1, 0.15) is 26.3 Å². The number of aromatic nitrogens is 1. The van der Waals surface area contributed by atoms with Crippen molar-refractivity contribution in [2.75, 3.05) is 0 Å². The highest BCUT2D eigenvalue weighted by Crippen LogP contribution is 2.16. The number of carbonyl (C=O) groups excluding carboxylic acids is 1. The van der Waals surface area contributed by atoms with Gasteiger partial charge in [0.25, 0.3) is 0 Å². The molecule has 5 heteroatoms. The van der Waals surface area contributed by atoms with Crippen LogP contribution in [-0.4, -0.2) is 22.3 Å². The molecule has 0 atom stereocenters. The summed E-state index contributed by atoms with van der Waals surface area (Å²) in [6.07, 6.45) is 3.64. The monoisotopic (exact) mass is 257 g/mol. The van der Waals surface area contributed by atoms with Crippen LogP contribution in [0.15, 0.2) is 42.7 Å². The molecule has 0 spiro atoms. The highest BCUT2D eigenvalue weighted by Gasteiger charge is 2.05. The zero-order valence-electron chi connectivity index (χ0n) is 9.95. The minimum absolute atomic E-state index is 0.174. The Hall–Kier alpha value is -2.69. The van der Waals surface area contributed by atoms with E-state index in [1.54, 1.807) is 18.2 Å². The minimum Gasteiger partial charge on any atom is -0.487 e. The molecule has 2 aromatic rings. The molecule has 0 unspecified atom stereocenters. The highest BCUT2D eigenvalue weighted by atomic mass is 16.5. The molecule has 5 nitrogen and oxygen atoms in total. The molecular formula is C14H11NO4. The van der Waals surface area contributed by atoms with Crippen molar-refractivity contribution in [1.29, 1.82) is 0 Å².